The number of hydrogen-bond donors (Lipinski definition) is 2. The van der Waals surface area contributed by atoms with Crippen LogP contribution >= 0.6 is 12.0 Å². The Hall–Kier alpha value is -5.78. The van der Waals surface area contributed by atoms with E-state index < -0.39 is 73.3 Å². The van der Waals surface area contributed by atoms with Crippen LogP contribution in [0.2, 0.25) is 0 Å². The minimum Gasteiger partial charge on any atom is -0.423 e. The second-order valence-electron chi connectivity index (χ2n) is 11.2. The largest absolute Gasteiger partial charge is 0.423 e. The SMILES string of the molecule is C=C(C)C(=O)Oc1ccc(N=Nc2ccc(-c3ccc(N=Nc4ccc(OC(=O)C(=C)C)c(C(F)(F)F)c4)c(S(=O)(=O)O)c3)cc2SOOO)cc1C(F)(F)F. The molecule has 0 aliphatic heterocycles. The summed E-state index contributed by atoms with van der Waals surface area (Å²) in [5.74, 6) is -3.85. The predicted molar refractivity (Wildman–Crippen MR) is 184 cm³/mol. The molecule has 56 heavy (non-hydrogen) atoms. The molecule has 0 radical (unpaired) electrons. The molecule has 0 spiro atoms. The van der Waals surface area contributed by atoms with Crippen molar-refractivity contribution in [3.63, 3.8) is 0 Å². The van der Waals surface area contributed by atoms with E-state index in [4.69, 9.17) is 14.7 Å². The van der Waals surface area contributed by atoms with Gasteiger partial charge in [-0.3, -0.25) is 4.55 Å². The Morgan fingerprint density at radius 3 is 1.55 bits per heavy atom. The Morgan fingerprint density at radius 2 is 1.12 bits per heavy atom. The first-order valence-electron chi connectivity index (χ1n) is 15.0. The van der Waals surface area contributed by atoms with Gasteiger partial charge in [-0.15, -0.1) is 14.6 Å². The highest BCUT2D eigenvalue weighted by Gasteiger charge is 2.36. The van der Waals surface area contributed by atoms with E-state index >= 15 is 0 Å². The van der Waals surface area contributed by atoms with Crippen molar-refractivity contribution >= 4 is 56.8 Å². The van der Waals surface area contributed by atoms with E-state index in [-0.39, 0.29) is 38.5 Å². The van der Waals surface area contributed by atoms with Crippen molar-refractivity contribution in [2.45, 2.75) is 36.0 Å². The average Bonchev–Trinajstić information content (AvgIpc) is 3.11. The molecule has 0 fully saturated rings. The van der Waals surface area contributed by atoms with Gasteiger partial charge in [-0.05, 0) is 85.6 Å². The van der Waals surface area contributed by atoms with Crippen LogP contribution in [0.5, 0.6) is 11.5 Å². The van der Waals surface area contributed by atoms with Crippen LogP contribution in [0, 0.1) is 0 Å². The fraction of sp³-hybridized carbons (Fsp3) is 0.118. The zero-order chi connectivity index (χ0) is 41.6. The maximum absolute atomic E-state index is 13.8. The van der Waals surface area contributed by atoms with Gasteiger partial charge in [0.2, 0.25) is 0 Å². The predicted octanol–water partition coefficient (Wildman–Crippen LogP) is 10.9. The molecule has 4 rings (SSSR count). The third-order valence-corrected chi connectivity index (χ3v) is 8.39. The number of alkyl halides is 6. The first kappa shape index (κ1) is 43.0. The van der Waals surface area contributed by atoms with Crippen LogP contribution in [0.25, 0.3) is 11.1 Å². The number of esters is 2. The summed E-state index contributed by atoms with van der Waals surface area (Å²) in [6, 6.07) is 12.0. The van der Waals surface area contributed by atoms with Gasteiger partial charge in [0.25, 0.3) is 10.1 Å². The van der Waals surface area contributed by atoms with Crippen molar-refractivity contribution < 1.29 is 73.0 Å². The molecule has 0 aromatic heterocycles. The van der Waals surface area contributed by atoms with Crippen LogP contribution in [-0.4, -0.2) is 30.2 Å². The second kappa shape index (κ2) is 17.3. The van der Waals surface area contributed by atoms with E-state index in [2.05, 4.69) is 43.0 Å². The number of benzene rings is 4. The smallest absolute Gasteiger partial charge is 0.420 e. The maximum atomic E-state index is 13.8. The van der Waals surface area contributed by atoms with Gasteiger partial charge in [0.1, 0.15) is 38.9 Å². The first-order valence-corrected chi connectivity index (χ1v) is 17.2. The Balaban J connectivity index is 1.69. The molecule has 0 heterocycles. The molecular weight excluding hydrogens is 803 g/mol. The normalized spacial score (nSPS) is 12.2. The summed E-state index contributed by atoms with van der Waals surface area (Å²) in [5.41, 5.74) is -4.10. The molecule has 0 bridgehead atoms. The lowest BCUT2D eigenvalue weighted by molar-refractivity contribution is -0.432. The molecule has 294 valence electrons. The van der Waals surface area contributed by atoms with E-state index in [1.54, 1.807) is 0 Å². The van der Waals surface area contributed by atoms with Crippen LogP contribution in [0.1, 0.15) is 25.0 Å². The molecule has 0 atom stereocenters. The van der Waals surface area contributed by atoms with Crippen LogP contribution in [0.4, 0.5) is 49.1 Å². The zero-order valence-corrected chi connectivity index (χ0v) is 30.0. The Bertz CT molecular complexity index is 2380. The van der Waals surface area contributed by atoms with Crippen molar-refractivity contribution in [1.29, 1.82) is 0 Å². The Kier molecular flexibility index (Phi) is 13.3. The van der Waals surface area contributed by atoms with Crippen molar-refractivity contribution in [1.82, 2.24) is 0 Å². The van der Waals surface area contributed by atoms with Gasteiger partial charge >= 0.3 is 24.3 Å². The minimum atomic E-state index is -5.06. The number of halogens is 6. The summed E-state index contributed by atoms with van der Waals surface area (Å²) in [6.07, 6.45) is -9.97. The van der Waals surface area contributed by atoms with E-state index in [1.807, 2.05) is 0 Å². The molecule has 0 aliphatic rings. The molecule has 0 saturated carbocycles. The number of carbonyl (C=O) groups excluding carboxylic acids is 2. The summed E-state index contributed by atoms with van der Waals surface area (Å²) in [4.78, 5) is 22.8. The maximum Gasteiger partial charge on any atom is 0.420 e. The summed E-state index contributed by atoms with van der Waals surface area (Å²) in [5, 5.41) is 27.4. The van der Waals surface area contributed by atoms with E-state index in [0.717, 1.165) is 36.4 Å². The fourth-order valence-electron chi connectivity index (χ4n) is 4.26. The Morgan fingerprint density at radius 1 is 0.679 bits per heavy atom. The van der Waals surface area contributed by atoms with Gasteiger partial charge in [0.05, 0.1) is 28.3 Å². The molecule has 22 heteroatoms. The number of carbonyl (C=O) groups is 2. The standard InChI is InChI=1S/C34H24F6N4O10S2/c1-17(2)31(45)51-27-11-7-21(15-23(27)33(35,36)37)41-43-25-9-5-19(13-29(25)55-54-53-47)20-6-10-26(30(14-20)56(48,49)50)44-42-22-8-12-28(52-32(46)18(3)4)24(16-22)34(38,39)40/h5-16,47H,1,3H2,2,4H3,(H,48,49,50). The minimum absolute atomic E-state index is 0.00151. The molecule has 4 aromatic rings. The summed E-state index contributed by atoms with van der Waals surface area (Å²) >= 11 is 0.352. The average molecular weight is 827 g/mol. The van der Waals surface area contributed by atoms with Crippen LogP contribution in [-0.2, 0) is 41.4 Å². The molecule has 0 saturated heterocycles. The number of azo groups is 2. The molecule has 0 unspecified atom stereocenters. The second-order valence-corrected chi connectivity index (χ2v) is 13.3. The highest BCUT2D eigenvalue weighted by molar-refractivity contribution is 7.94. The highest BCUT2D eigenvalue weighted by Crippen LogP contribution is 2.42. The highest BCUT2D eigenvalue weighted by atomic mass is 32.2. The van der Waals surface area contributed by atoms with Gasteiger partial charge in [0, 0.05) is 11.1 Å². The first-order chi connectivity index (χ1) is 26.1. The molecule has 2 N–H and O–H groups in total. The number of hydrogen-bond acceptors (Lipinski definition) is 14. The van der Waals surface area contributed by atoms with E-state index in [1.165, 1.54) is 38.1 Å². The quantitative estimate of drug-likeness (QED) is 0.0150. The van der Waals surface area contributed by atoms with Crippen LogP contribution < -0.4 is 9.47 Å². The van der Waals surface area contributed by atoms with Crippen molar-refractivity contribution in [2.75, 3.05) is 0 Å². The molecule has 4 aromatic carbocycles. The summed E-state index contributed by atoms with van der Waals surface area (Å²) < 4.78 is 131. The summed E-state index contributed by atoms with van der Waals surface area (Å²) in [7, 11) is -5.06. The number of nitrogens with zero attached hydrogens (tertiary/aromatic N) is 4. The fourth-order valence-corrected chi connectivity index (χ4v) is 5.38. The van der Waals surface area contributed by atoms with E-state index in [0.29, 0.717) is 24.2 Å². The van der Waals surface area contributed by atoms with Crippen LogP contribution in [0.3, 0.4) is 0 Å². The number of rotatable bonds is 13. The van der Waals surface area contributed by atoms with Gasteiger partial charge in [0.15, 0.2) is 0 Å². The lowest BCUT2D eigenvalue weighted by atomic mass is 10.0. The third-order valence-electron chi connectivity index (χ3n) is 6.87. The zero-order valence-electron chi connectivity index (χ0n) is 28.4. The molecule has 0 aliphatic carbocycles. The van der Waals surface area contributed by atoms with Gasteiger partial charge < -0.3 is 9.47 Å². The van der Waals surface area contributed by atoms with Gasteiger partial charge in [-0.2, -0.15) is 45.0 Å². The topological polar surface area (TPSA) is 195 Å². The van der Waals surface area contributed by atoms with Gasteiger partial charge in [-0.1, -0.05) is 30.3 Å². The lowest BCUT2D eigenvalue weighted by Gasteiger charge is -2.13. The van der Waals surface area contributed by atoms with Crippen molar-refractivity contribution in [3.05, 3.63) is 108 Å². The molecule has 0 amide bonds. The van der Waals surface area contributed by atoms with Gasteiger partial charge in [-0.25, -0.2) is 14.8 Å². The van der Waals surface area contributed by atoms with Crippen molar-refractivity contribution in [3.8, 4) is 22.6 Å². The molecular formula is C34H24F6N4O10S2. The Labute approximate surface area is 316 Å². The summed E-state index contributed by atoms with van der Waals surface area (Å²) in [6.45, 7) is 9.11. The monoisotopic (exact) mass is 826 g/mol. The lowest BCUT2D eigenvalue weighted by Crippen LogP contribution is -2.13. The molecule has 14 nitrogen and oxygen atoms in total. The van der Waals surface area contributed by atoms with E-state index in [9.17, 15) is 48.9 Å². The van der Waals surface area contributed by atoms with Crippen molar-refractivity contribution in [2.24, 2.45) is 20.5 Å². The number of ether oxygens (including phenoxy) is 2. The third kappa shape index (κ3) is 11.1. The van der Waals surface area contributed by atoms with Crippen LogP contribution in [0.15, 0.2) is 127 Å².